The van der Waals surface area contributed by atoms with E-state index >= 15 is 0 Å². The van der Waals surface area contributed by atoms with Crippen LogP contribution in [0.2, 0.25) is 0 Å². The van der Waals surface area contributed by atoms with Gasteiger partial charge >= 0.3 is 37.7 Å². The van der Waals surface area contributed by atoms with Gasteiger partial charge in [0.1, 0.15) is 0 Å². The van der Waals surface area contributed by atoms with Gasteiger partial charge < -0.3 is 9.11 Å². The van der Waals surface area contributed by atoms with Gasteiger partial charge in [-0.05, 0) is 58.4 Å². The van der Waals surface area contributed by atoms with Crippen LogP contribution in [0.25, 0.3) is 0 Å². The van der Waals surface area contributed by atoms with Gasteiger partial charge in [-0.3, -0.25) is 8.37 Å². The molecular weight excluding hydrogens is 556 g/mol. The first kappa shape index (κ1) is 41.2. The molecule has 1 rings (SSSR count). The zero-order chi connectivity index (χ0) is 27.8. The van der Waals surface area contributed by atoms with E-state index in [4.69, 9.17) is 8.37 Å². The molecule has 0 aromatic heterocycles. The smallest absolute Gasteiger partial charge is 0.726 e. The molecular formula is C24H42Li2O8P2S2. The molecule has 6 atom stereocenters. The van der Waals surface area contributed by atoms with E-state index in [0.717, 1.165) is 10.6 Å². The maximum atomic E-state index is 11.3. The van der Waals surface area contributed by atoms with Gasteiger partial charge in [-0.1, -0.05) is 96.8 Å². The molecule has 0 aliphatic heterocycles. The summed E-state index contributed by atoms with van der Waals surface area (Å²) in [5.74, 6) is 0.210. The summed E-state index contributed by atoms with van der Waals surface area (Å²) in [7, 11) is -8.85. The Kier molecular flexibility index (Phi) is 20.1. The molecule has 0 radical (unpaired) electrons. The van der Waals surface area contributed by atoms with Crippen LogP contribution in [0.1, 0.15) is 68.2 Å². The Morgan fingerprint density at radius 3 is 1.13 bits per heavy atom. The Balaban J connectivity index is 0. The zero-order valence-electron chi connectivity index (χ0n) is 24.4. The monoisotopic (exact) mass is 598 g/mol. The van der Waals surface area contributed by atoms with Crippen LogP contribution in [0.5, 0.6) is 0 Å². The van der Waals surface area contributed by atoms with Crippen molar-refractivity contribution >= 4 is 48.6 Å². The average molecular weight is 599 g/mol. The van der Waals surface area contributed by atoms with Crippen molar-refractivity contribution < 1.29 is 72.0 Å². The Morgan fingerprint density at radius 1 is 0.632 bits per heavy atom. The second-order valence-corrected chi connectivity index (χ2v) is 15.7. The predicted molar refractivity (Wildman–Crippen MR) is 148 cm³/mol. The molecule has 0 fully saturated rings. The normalized spacial score (nSPS) is 16.4. The van der Waals surface area contributed by atoms with E-state index < -0.39 is 33.0 Å². The third-order valence-electron chi connectivity index (χ3n) is 6.16. The molecule has 0 saturated carbocycles. The van der Waals surface area contributed by atoms with Crippen molar-refractivity contribution in [2.45, 2.75) is 91.8 Å². The van der Waals surface area contributed by atoms with Crippen molar-refractivity contribution in [2.75, 3.05) is 0 Å². The Labute approximate surface area is 258 Å². The number of rotatable bonds is 16. The van der Waals surface area contributed by atoms with Gasteiger partial charge in [-0.2, -0.15) is 0 Å². The molecule has 0 aliphatic rings. The SMILES string of the molecule is CC(C)[C@H](C[C@@H](Pc1ccccc1P[C@H](C[C@H](OS(=O)(=O)[O-])C(C)C)C(C)C)C(C)C)OS(=O)(=O)[O-].[Li+].[Li+]. The van der Waals surface area contributed by atoms with E-state index in [1.165, 1.54) is 0 Å². The van der Waals surface area contributed by atoms with Gasteiger partial charge in [0.15, 0.2) is 0 Å². The second kappa shape index (κ2) is 18.5. The van der Waals surface area contributed by atoms with Crippen molar-refractivity contribution in [3.63, 3.8) is 0 Å². The first-order chi connectivity index (χ1) is 16.4. The number of hydrogen-bond donors (Lipinski definition) is 0. The van der Waals surface area contributed by atoms with Crippen LogP contribution in [-0.2, 0) is 29.2 Å². The molecule has 0 heterocycles. The molecule has 8 nitrogen and oxygen atoms in total. The Bertz CT molecular complexity index is 941. The van der Waals surface area contributed by atoms with Crippen LogP contribution in [0, 0.1) is 23.7 Å². The minimum absolute atomic E-state index is 0. The maximum absolute atomic E-state index is 11.3. The van der Waals surface area contributed by atoms with E-state index in [9.17, 15) is 25.9 Å². The van der Waals surface area contributed by atoms with Crippen LogP contribution in [0.3, 0.4) is 0 Å². The van der Waals surface area contributed by atoms with Crippen molar-refractivity contribution in [3.05, 3.63) is 24.3 Å². The van der Waals surface area contributed by atoms with Crippen LogP contribution in [-0.4, -0.2) is 49.5 Å². The topological polar surface area (TPSA) is 133 Å². The van der Waals surface area contributed by atoms with Gasteiger partial charge in [-0.15, -0.1) is 0 Å². The molecule has 2 unspecified atom stereocenters. The molecule has 1 aromatic carbocycles. The first-order valence-electron chi connectivity index (χ1n) is 12.3. The summed E-state index contributed by atoms with van der Waals surface area (Å²) in [6, 6.07) is 8.09. The molecule has 0 saturated heterocycles. The summed E-state index contributed by atoms with van der Waals surface area (Å²) in [5.41, 5.74) is 0.222. The van der Waals surface area contributed by atoms with Crippen molar-refractivity contribution in [1.82, 2.24) is 0 Å². The quantitative estimate of drug-likeness (QED) is 0.0937. The molecule has 210 valence electrons. The van der Waals surface area contributed by atoms with Crippen LogP contribution >= 0.6 is 17.2 Å². The van der Waals surface area contributed by atoms with Gasteiger partial charge in [-0.25, -0.2) is 16.8 Å². The van der Waals surface area contributed by atoms with E-state index in [-0.39, 0.29) is 72.7 Å². The summed E-state index contributed by atoms with van der Waals surface area (Å²) in [4.78, 5) is 0. The fourth-order valence-corrected chi connectivity index (χ4v) is 8.45. The first-order valence-corrected chi connectivity index (χ1v) is 17.1. The van der Waals surface area contributed by atoms with Gasteiger partial charge in [0.25, 0.3) is 0 Å². The van der Waals surface area contributed by atoms with E-state index in [1.807, 2.05) is 39.8 Å². The largest absolute Gasteiger partial charge is 1.00 e. The molecule has 0 N–H and O–H groups in total. The minimum Gasteiger partial charge on any atom is -0.726 e. The van der Waals surface area contributed by atoms with Crippen molar-refractivity contribution in [3.8, 4) is 0 Å². The van der Waals surface area contributed by atoms with Crippen LogP contribution in [0.4, 0.5) is 0 Å². The van der Waals surface area contributed by atoms with Gasteiger partial charge in [0.05, 0.1) is 12.2 Å². The maximum Gasteiger partial charge on any atom is 1.00 e. The summed E-state index contributed by atoms with van der Waals surface area (Å²) in [6.07, 6.45) is -0.484. The fraction of sp³-hybridized carbons (Fsp3) is 0.750. The van der Waals surface area contributed by atoms with Crippen LogP contribution in [0.15, 0.2) is 24.3 Å². The average Bonchev–Trinajstić information content (AvgIpc) is 2.70. The van der Waals surface area contributed by atoms with Gasteiger partial charge in [0.2, 0.25) is 20.8 Å². The second-order valence-electron chi connectivity index (χ2n) is 10.6. The van der Waals surface area contributed by atoms with Crippen molar-refractivity contribution in [1.29, 1.82) is 0 Å². The third kappa shape index (κ3) is 16.5. The molecule has 0 bridgehead atoms. The zero-order valence-corrected chi connectivity index (χ0v) is 28.1. The molecule has 0 spiro atoms. The Hall–Kier alpha value is 1.01. The molecule has 1 aromatic rings. The standard InChI is InChI=1S/C24H44O8P2S2.2Li/c1-15(2)19(31-35(25,26)27)13-23(17(5)6)33-21-11-9-10-12-22(21)34-24(18(7)8)14-20(16(3)4)32-36(28,29)30;;/h9-12,15-20,23-24,33-34H,13-14H2,1-8H3,(H,25,26,27)(H,28,29,30);;/q;2*+1/p-2/t19-,20-,23+,24+;;/m0../s1. The number of benzene rings is 1. The fourth-order valence-electron chi connectivity index (χ4n) is 3.78. The predicted octanol–water partition coefficient (Wildman–Crippen LogP) is -1.87. The molecule has 38 heavy (non-hydrogen) atoms. The summed E-state index contributed by atoms with van der Waals surface area (Å²) in [6.45, 7) is 15.7. The Morgan fingerprint density at radius 2 is 0.921 bits per heavy atom. The summed E-state index contributed by atoms with van der Waals surface area (Å²) in [5, 5.41) is 2.32. The molecule has 0 amide bonds. The van der Waals surface area contributed by atoms with Crippen molar-refractivity contribution in [2.24, 2.45) is 23.7 Å². The van der Waals surface area contributed by atoms with E-state index in [1.54, 1.807) is 0 Å². The van der Waals surface area contributed by atoms with Gasteiger partial charge in [0, 0.05) is 0 Å². The van der Waals surface area contributed by atoms with E-state index in [0.29, 0.717) is 30.0 Å². The van der Waals surface area contributed by atoms with E-state index in [2.05, 4.69) is 39.8 Å². The summed E-state index contributed by atoms with van der Waals surface area (Å²) >= 11 is 0. The third-order valence-corrected chi connectivity index (χ3v) is 11.4. The number of hydrogen-bond acceptors (Lipinski definition) is 8. The summed E-state index contributed by atoms with van der Waals surface area (Å²) < 4.78 is 77.4. The molecule has 14 heteroatoms. The minimum atomic E-state index is -4.80. The van der Waals surface area contributed by atoms with Crippen LogP contribution < -0.4 is 48.3 Å². The molecule has 0 aliphatic carbocycles.